The van der Waals surface area contributed by atoms with E-state index in [1.807, 2.05) is 0 Å². The highest BCUT2D eigenvalue weighted by molar-refractivity contribution is 7.99. The van der Waals surface area contributed by atoms with Crippen LogP contribution in [0.3, 0.4) is 0 Å². The zero-order chi connectivity index (χ0) is 13.8. The normalized spacial score (nSPS) is 14.4. The van der Waals surface area contributed by atoms with Crippen LogP contribution in [0, 0.1) is 0 Å². The van der Waals surface area contributed by atoms with Crippen LogP contribution in [0.25, 0.3) is 0 Å². The van der Waals surface area contributed by atoms with Crippen LogP contribution in [0.2, 0.25) is 0 Å². The molecule has 0 heterocycles. The Morgan fingerprint density at radius 2 is 1.89 bits per heavy atom. The summed E-state index contributed by atoms with van der Waals surface area (Å²) < 4.78 is 0. The zero-order valence-electron chi connectivity index (χ0n) is 11.9. The van der Waals surface area contributed by atoms with Crippen LogP contribution in [0.4, 0.5) is 0 Å². The van der Waals surface area contributed by atoms with E-state index < -0.39 is 0 Å². The highest BCUT2D eigenvalue weighted by Crippen LogP contribution is 2.17. The first kappa shape index (κ1) is 16.4. The molecule has 1 aliphatic rings. The number of carbonyl (C=O) groups excluding carboxylic acids is 1. The molecule has 0 spiro atoms. The first-order valence-corrected chi connectivity index (χ1v) is 8.66. The Morgan fingerprint density at radius 1 is 1.11 bits per heavy atom. The number of amides is 1. The van der Waals surface area contributed by atoms with Crippen LogP contribution < -0.4 is 5.73 Å². The van der Waals surface area contributed by atoms with Crippen LogP contribution >= 0.6 is 11.8 Å². The second-order valence-electron chi connectivity index (χ2n) is 5.11. The van der Waals surface area contributed by atoms with Crippen molar-refractivity contribution in [2.45, 2.75) is 57.8 Å². The van der Waals surface area contributed by atoms with Crippen molar-refractivity contribution in [3.05, 3.63) is 23.8 Å². The number of allylic oxidation sites excluding steroid dienone is 4. The Morgan fingerprint density at radius 3 is 2.63 bits per heavy atom. The van der Waals surface area contributed by atoms with Gasteiger partial charge in [0.2, 0.25) is 5.91 Å². The van der Waals surface area contributed by atoms with Gasteiger partial charge in [-0.05, 0) is 50.0 Å². The lowest BCUT2D eigenvalue weighted by molar-refractivity contribution is -0.118. The van der Waals surface area contributed by atoms with Gasteiger partial charge in [-0.1, -0.05) is 36.6 Å². The maximum Gasteiger partial charge on any atom is 0.217 e. The van der Waals surface area contributed by atoms with Gasteiger partial charge in [-0.25, -0.2) is 0 Å². The van der Waals surface area contributed by atoms with Gasteiger partial charge in [-0.3, -0.25) is 4.79 Å². The molecule has 0 saturated heterocycles. The van der Waals surface area contributed by atoms with Crippen molar-refractivity contribution in [2.75, 3.05) is 11.5 Å². The highest BCUT2D eigenvalue weighted by atomic mass is 32.2. The molecule has 1 rings (SSSR count). The smallest absolute Gasteiger partial charge is 0.217 e. The summed E-state index contributed by atoms with van der Waals surface area (Å²) in [5, 5.41) is 0. The molecule has 3 heteroatoms. The summed E-state index contributed by atoms with van der Waals surface area (Å²) >= 11 is 2.06. The molecule has 0 fully saturated rings. The highest BCUT2D eigenvalue weighted by Gasteiger charge is 1.98. The molecule has 19 heavy (non-hydrogen) atoms. The Bertz CT molecular complexity index is 310. The first-order valence-electron chi connectivity index (χ1n) is 7.50. The Balaban J connectivity index is 1.80. The van der Waals surface area contributed by atoms with E-state index >= 15 is 0 Å². The van der Waals surface area contributed by atoms with Gasteiger partial charge in [0.1, 0.15) is 0 Å². The molecule has 108 valence electrons. The van der Waals surface area contributed by atoms with Crippen molar-refractivity contribution < 1.29 is 4.79 Å². The van der Waals surface area contributed by atoms with Crippen molar-refractivity contribution in [3.63, 3.8) is 0 Å². The number of thioether (sulfide) groups is 1. The van der Waals surface area contributed by atoms with Gasteiger partial charge < -0.3 is 5.73 Å². The van der Waals surface area contributed by atoms with Crippen LogP contribution in [-0.2, 0) is 4.79 Å². The van der Waals surface area contributed by atoms with Crippen molar-refractivity contribution in [3.8, 4) is 0 Å². The predicted molar refractivity (Wildman–Crippen MR) is 85.3 cm³/mol. The minimum absolute atomic E-state index is 0.166. The maximum atomic E-state index is 10.5. The van der Waals surface area contributed by atoms with Crippen molar-refractivity contribution in [1.29, 1.82) is 0 Å². The molecule has 0 saturated carbocycles. The van der Waals surface area contributed by atoms with Gasteiger partial charge in [-0.2, -0.15) is 11.8 Å². The zero-order valence-corrected chi connectivity index (χ0v) is 12.7. The molecule has 1 aliphatic carbocycles. The van der Waals surface area contributed by atoms with Gasteiger partial charge in [0.05, 0.1) is 0 Å². The molecule has 0 radical (unpaired) electrons. The lowest BCUT2D eigenvalue weighted by Gasteiger charge is -2.06. The average molecular weight is 281 g/mol. The Labute approximate surface area is 121 Å². The number of rotatable bonds is 11. The van der Waals surface area contributed by atoms with Gasteiger partial charge in [-0.15, -0.1) is 0 Å². The fourth-order valence-electron chi connectivity index (χ4n) is 2.19. The second kappa shape index (κ2) is 11.2. The summed E-state index contributed by atoms with van der Waals surface area (Å²) in [5.74, 6) is 2.36. The van der Waals surface area contributed by atoms with Gasteiger partial charge >= 0.3 is 0 Å². The molecule has 1 amide bonds. The fourth-order valence-corrected chi connectivity index (χ4v) is 3.15. The lowest BCUT2D eigenvalue weighted by atomic mass is 10.0. The minimum Gasteiger partial charge on any atom is -0.370 e. The molecule has 0 unspecified atom stereocenters. The lowest BCUT2D eigenvalue weighted by Crippen LogP contribution is -2.09. The molecule has 0 atom stereocenters. The number of primary amides is 1. The first-order chi connectivity index (χ1) is 9.29. The number of unbranched alkanes of at least 4 members (excludes halogenated alkanes) is 3. The monoisotopic (exact) mass is 281 g/mol. The molecule has 0 bridgehead atoms. The summed E-state index contributed by atoms with van der Waals surface area (Å²) in [7, 11) is 0. The summed E-state index contributed by atoms with van der Waals surface area (Å²) in [6.07, 6.45) is 17.1. The quantitative estimate of drug-likeness (QED) is 0.576. The van der Waals surface area contributed by atoms with E-state index in [2.05, 4.69) is 30.0 Å². The maximum absolute atomic E-state index is 10.5. The number of hydrogen-bond donors (Lipinski definition) is 1. The Hall–Kier alpha value is -0.700. The van der Waals surface area contributed by atoms with Gasteiger partial charge in [0.15, 0.2) is 0 Å². The minimum atomic E-state index is -0.166. The molecule has 0 aliphatic heterocycles. The van der Waals surface area contributed by atoms with E-state index in [0.717, 1.165) is 12.8 Å². The predicted octanol–water partition coefficient (Wildman–Crippen LogP) is 4.21. The van der Waals surface area contributed by atoms with Crippen LogP contribution in [0.15, 0.2) is 23.8 Å². The summed E-state index contributed by atoms with van der Waals surface area (Å²) in [6.45, 7) is 0. The number of nitrogens with two attached hydrogens (primary N) is 1. The fraction of sp³-hybridized carbons (Fsp3) is 0.688. The van der Waals surface area contributed by atoms with E-state index in [9.17, 15) is 4.79 Å². The SMILES string of the molecule is NC(=O)CCCCCCSCCCC1=CCCC=C1. The number of hydrogen-bond acceptors (Lipinski definition) is 2. The van der Waals surface area contributed by atoms with Crippen molar-refractivity contribution in [1.82, 2.24) is 0 Å². The van der Waals surface area contributed by atoms with E-state index in [0.29, 0.717) is 6.42 Å². The van der Waals surface area contributed by atoms with E-state index in [1.165, 1.54) is 55.6 Å². The Kier molecular flexibility index (Phi) is 9.60. The largest absolute Gasteiger partial charge is 0.370 e. The summed E-state index contributed by atoms with van der Waals surface area (Å²) in [5.41, 5.74) is 6.62. The standard InChI is InChI=1S/C16H27NOS/c17-16(18)12-6-1-2-7-13-19-14-8-11-15-9-4-3-5-10-15/h4,9-10H,1-3,5-8,11-14H2,(H2,17,18). The number of carbonyl (C=O) groups is 1. The molecule has 2 nitrogen and oxygen atoms in total. The van der Waals surface area contributed by atoms with Crippen LogP contribution in [0.5, 0.6) is 0 Å². The second-order valence-corrected chi connectivity index (χ2v) is 6.33. The molecule has 2 N–H and O–H groups in total. The molecular formula is C16H27NOS. The van der Waals surface area contributed by atoms with Crippen molar-refractivity contribution >= 4 is 17.7 Å². The van der Waals surface area contributed by atoms with Gasteiger partial charge in [0.25, 0.3) is 0 Å². The molecular weight excluding hydrogens is 254 g/mol. The van der Waals surface area contributed by atoms with Gasteiger partial charge in [0, 0.05) is 6.42 Å². The van der Waals surface area contributed by atoms with E-state index in [1.54, 1.807) is 0 Å². The molecule has 0 aromatic rings. The van der Waals surface area contributed by atoms with Crippen molar-refractivity contribution in [2.24, 2.45) is 5.73 Å². The third kappa shape index (κ3) is 9.83. The summed E-state index contributed by atoms with van der Waals surface area (Å²) in [6, 6.07) is 0. The molecule has 0 aromatic carbocycles. The topological polar surface area (TPSA) is 43.1 Å². The van der Waals surface area contributed by atoms with Crippen LogP contribution in [0.1, 0.15) is 57.8 Å². The van der Waals surface area contributed by atoms with Crippen LogP contribution in [-0.4, -0.2) is 17.4 Å². The van der Waals surface area contributed by atoms with E-state index in [-0.39, 0.29) is 5.91 Å². The van der Waals surface area contributed by atoms with E-state index in [4.69, 9.17) is 5.73 Å². The third-order valence-electron chi connectivity index (χ3n) is 3.29. The summed E-state index contributed by atoms with van der Waals surface area (Å²) in [4.78, 5) is 10.5. The molecule has 0 aromatic heterocycles. The average Bonchev–Trinajstić information content (AvgIpc) is 2.42. The third-order valence-corrected chi connectivity index (χ3v) is 4.44.